The lowest BCUT2D eigenvalue weighted by Gasteiger charge is -2.26. The second-order valence-corrected chi connectivity index (χ2v) is 16.1. The highest BCUT2D eigenvalue weighted by Gasteiger charge is 2.27. The molecule has 1 amide bonds. The van der Waals surface area contributed by atoms with E-state index >= 15 is 0 Å². The van der Waals surface area contributed by atoms with Crippen molar-refractivity contribution in [2.45, 2.75) is 241 Å². The van der Waals surface area contributed by atoms with Gasteiger partial charge in [-0.3, -0.25) is 15.0 Å². The van der Waals surface area contributed by atoms with E-state index in [1.165, 1.54) is 128 Å². The molecule has 0 spiro atoms. The first-order valence-corrected chi connectivity index (χ1v) is 22.0. The summed E-state index contributed by atoms with van der Waals surface area (Å²) in [6.45, 7) is 16.8. The van der Waals surface area contributed by atoms with E-state index in [1.54, 1.807) is 6.92 Å². The molecule has 0 saturated carbocycles. The van der Waals surface area contributed by atoms with Gasteiger partial charge in [-0.1, -0.05) is 207 Å². The van der Waals surface area contributed by atoms with Gasteiger partial charge < -0.3 is 0 Å². The van der Waals surface area contributed by atoms with Gasteiger partial charge in [-0.2, -0.15) is 4.91 Å². The topological polar surface area (TPSA) is 78.8 Å². The van der Waals surface area contributed by atoms with Gasteiger partial charge >= 0.3 is 0 Å². The van der Waals surface area contributed by atoms with E-state index in [0.717, 1.165) is 70.9 Å². The summed E-state index contributed by atoms with van der Waals surface area (Å²) in [5, 5.41) is 4.91. The van der Waals surface area contributed by atoms with Gasteiger partial charge in [-0.05, 0) is 31.6 Å². The first-order valence-electron chi connectivity index (χ1n) is 22.0. The Morgan fingerprint density at radius 1 is 0.580 bits per heavy atom. The summed E-state index contributed by atoms with van der Waals surface area (Å²) in [5.41, 5.74) is 2.67. The number of rotatable bonds is 37. The molecule has 0 aliphatic rings. The zero-order chi connectivity index (χ0) is 37.6. The number of unbranched alkanes of at least 4 members (excludes halogenated alkanes) is 23. The minimum absolute atomic E-state index is 0.0359. The van der Waals surface area contributed by atoms with Crippen molar-refractivity contribution in [1.29, 1.82) is 0 Å². The lowest BCUT2D eigenvalue weighted by molar-refractivity contribution is -0.128. The number of hydrogen-bond donors (Lipinski definition) is 1. The molecular formula is C44H89N3O3. The third-order valence-electron chi connectivity index (χ3n) is 10.3. The van der Waals surface area contributed by atoms with Crippen LogP contribution in [0.4, 0.5) is 0 Å². The molecule has 298 valence electrons. The Kier molecular flexibility index (Phi) is 39.5. The van der Waals surface area contributed by atoms with E-state index in [1.807, 2.05) is 5.01 Å². The minimum atomic E-state index is -0.272. The predicted octanol–water partition coefficient (Wildman–Crippen LogP) is 14.1. The summed E-state index contributed by atoms with van der Waals surface area (Å²) in [4.78, 5) is 34.5. The summed E-state index contributed by atoms with van der Waals surface area (Å²) in [7, 11) is 0. The quantitative estimate of drug-likeness (QED) is 0.0396. The number of hydrazine groups is 1. The second kappa shape index (κ2) is 38.9. The van der Waals surface area contributed by atoms with Crippen LogP contribution in [0.2, 0.25) is 0 Å². The molecule has 0 saturated heterocycles. The zero-order valence-corrected chi connectivity index (χ0v) is 35.0. The predicted molar refractivity (Wildman–Crippen MR) is 220 cm³/mol. The van der Waals surface area contributed by atoms with E-state index < -0.39 is 0 Å². The number of hydrogen-bond acceptors (Lipinski definition) is 5. The number of nitrogens with zero attached hydrogens (tertiary/aromatic N) is 2. The van der Waals surface area contributed by atoms with E-state index in [4.69, 9.17) is 0 Å². The molecule has 0 aromatic rings. The first kappa shape index (κ1) is 50.8. The smallest absolute Gasteiger partial charge is 0.231 e. The molecule has 0 aliphatic heterocycles. The molecule has 1 unspecified atom stereocenters. The van der Waals surface area contributed by atoms with Crippen molar-refractivity contribution in [2.75, 3.05) is 19.6 Å². The van der Waals surface area contributed by atoms with E-state index in [-0.39, 0.29) is 11.3 Å². The molecule has 6 heteroatoms. The van der Waals surface area contributed by atoms with Crippen molar-refractivity contribution in [3.63, 3.8) is 0 Å². The van der Waals surface area contributed by atoms with Gasteiger partial charge in [0.25, 0.3) is 0 Å². The number of nitrogens with one attached hydrogen (secondary N) is 1. The van der Waals surface area contributed by atoms with Crippen molar-refractivity contribution in [3.05, 3.63) is 4.91 Å². The first-order chi connectivity index (χ1) is 24.1. The lowest BCUT2D eigenvalue weighted by atomic mass is 9.79. The Hall–Kier alpha value is -1.30. The maximum atomic E-state index is 12.9. The molecule has 50 heavy (non-hydrogen) atoms. The summed E-state index contributed by atoms with van der Waals surface area (Å²) in [6.07, 6.45) is 38.2. The molecule has 0 aliphatic carbocycles. The van der Waals surface area contributed by atoms with Crippen molar-refractivity contribution >= 4 is 11.7 Å². The van der Waals surface area contributed by atoms with Crippen LogP contribution in [0.15, 0.2) is 5.18 Å². The molecule has 0 radical (unpaired) electrons. The minimum Gasteiger partial charge on any atom is -0.299 e. The fourth-order valence-electron chi connectivity index (χ4n) is 6.70. The fourth-order valence-corrected chi connectivity index (χ4v) is 6.70. The standard InChI is InChI=1S/C27H53N3O3.C17H36/c1-6-7-8-10-13-18-24(2)23-26(32)27(4,5)19-14-17-22-30(29-25(3)31)21-16-12-9-11-15-20-28-33;1-3-5-7-9-11-13-15-17-16-14-12-10-8-6-4-2/h24H,6-23H2,1-5H3,(H,29,31);3-17H2,1-2H3. The average molecular weight is 708 g/mol. The summed E-state index contributed by atoms with van der Waals surface area (Å²) < 4.78 is 0. The Morgan fingerprint density at radius 3 is 1.38 bits per heavy atom. The van der Waals surface area contributed by atoms with Gasteiger partial charge in [0, 0.05) is 31.8 Å². The van der Waals surface area contributed by atoms with Crippen LogP contribution in [0, 0.1) is 16.2 Å². The Balaban J connectivity index is 0. The third kappa shape index (κ3) is 37.9. The highest BCUT2D eigenvalue weighted by Crippen LogP contribution is 2.29. The van der Waals surface area contributed by atoms with Gasteiger partial charge in [-0.25, -0.2) is 5.01 Å². The number of carbonyl (C=O) groups excluding carboxylic acids is 2. The molecule has 0 heterocycles. The van der Waals surface area contributed by atoms with Crippen LogP contribution in [-0.2, 0) is 9.59 Å². The monoisotopic (exact) mass is 708 g/mol. The molecule has 1 atom stereocenters. The number of amides is 1. The zero-order valence-electron chi connectivity index (χ0n) is 35.0. The maximum absolute atomic E-state index is 12.9. The second-order valence-electron chi connectivity index (χ2n) is 16.1. The highest BCUT2D eigenvalue weighted by molar-refractivity contribution is 5.84. The van der Waals surface area contributed by atoms with Crippen molar-refractivity contribution in [3.8, 4) is 0 Å². The van der Waals surface area contributed by atoms with Gasteiger partial charge in [0.1, 0.15) is 5.78 Å². The van der Waals surface area contributed by atoms with Crippen LogP contribution in [0.3, 0.4) is 0 Å². The normalized spacial score (nSPS) is 12.1. The molecule has 0 fully saturated rings. The van der Waals surface area contributed by atoms with Crippen LogP contribution >= 0.6 is 0 Å². The molecule has 0 aromatic carbocycles. The summed E-state index contributed by atoms with van der Waals surface area (Å²) in [5.74, 6) is 0.835. The number of carbonyl (C=O) groups is 2. The van der Waals surface area contributed by atoms with Crippen molar-refractivity contribution in [1.82, 2.24) is 10.4 Å². The van der Waals surface area contributed by atoms with E-state index in [9.17, 15) is 14.5 Å². The van der Waals surface area contributed by atoms with E-state index in [0.29, 0.717) is 24.7 Å². The van der Waals surface area contributed by atoms with Crippen LogP contribution in [0.1, 0.15) is 241 Å². The SMILES string of the molecule is CCCCCCCC(C)CC(=O)C(C)(C)CCCCN(CCCCCCCN=O)NC(C)=O.CCCCCCCCCCCCCCCCC. The number of Topliss-reactive ketones (excluding diaryl/α,β-unsaturated/α-hetero) is 1. The summed E-state index contributed by atoms with van der Waals surface area (Å²) >= 11 is 0. The molecule has 6 nitrogen and oxygen atoms in total. The van der Waals surface area contributed by atoms with Gasteiger partial charge in [0.2, 0.25) is 5.91 Å². The van der Waals surface area contributed by atoms with Gasteiger partial charge in [0.05, 0.1) is 6.54 Å². The number of nitroso groups, excluding NO2 is 1. The lowest BCUT2D eigenvalue weighted by Crippen LogP contribution is -2.42. The van der Waals surface area contributed by atoms with Crippen LogP contribution in [0.25, 0.3) is 0 Å². The highest BCUT2D eigenvalue weighted by atomic mass is 16.3. The fraction of sp³-hybridized carbons (Fsp3) is 0.955. The average Bonchev–Trinajstić information content (AvgIpc) is 3.08. The van der Waals surface area contributed by atoms with Crippen molar-refractivity contribution < 1.29 is 9.59 Å². The molecule has 0 bridgehead atoms. The van der Waals surface area contributed by atoms with E-state index in [2.05, 4.69) is 52.1 Å². The van der Waals surface area contributed by atoms with Gasteiger partial charge in [0.15, 0.2) is 0 Å². The van der Waals surface area contributed by atoms with Crippen molar-refractivity contribution in [2.24, 2.45) is 16.5 Å². The van der Waals surface area contributed by atoms with Crippen LogP contribution in [-0.4, -0.2) is 36.3 Å². The number of ketones is 1. The maximum Gasteiger partial charge on any atom is 0.231 e. The Morgan fingerprint density at radius 2 is 0.960 bits per heavy atom. The molecule has 0 aromatic heterocycles. The van der Waals surface area contributed by atoms with Crippen LogP contribution < -0.4 is 5.43 Å². The Bertz CT molecular complexity index is 728. The van der Waals surface area contributed by atoms with Gasteiger partial charge in [-0.15, -0.1) is 0 Å². The molecule has 0 rings (SSSR count). The van der Waals surface area contributed by atoms with Crippen LogP contribution in [0.5, 0.6) is 0 Å². The third-order valence-corrected chi connectivity index (χ3v) is 10.3. The summed E-state index contributed by atoms with van der Waals surface area (Å²) in [6, 6.07) is 0. The largest absolute Gasteiger partial charge is 0.299 e. The molecule has 1 N–H and O–H groups in total. The molecular weight excluding hydrogens is 619 g/mol. The Labute approximate surface area is 313 Å².